The number of nitrogens with zero attached hydrogens (tertiary/aromatic N) is 3. The van der Waals surface area contributed by atoms with Gasteiger partial charge in [0.2, 0.25) is 0 Å². The van der Waals surface area contributed by atoms with Crippen LogP contribution in [-0.4, -0.2) is 20.8 Å². The normalized spacial score (nSPS) is 40.2. The topological polar surface area (TPSA) is 56.7 Å². The van der Waals surface area contributed by atoms with Gasteiger partial charge in [0.1, 0.15) is 12.2 Å². The number of hydrogen-bond donors (Lipinski definition) is 1. The Bertz CT molecular complexity index is 457. The molecule has 4 heteroatoms. The molecule has 4 fully saturated rings. The van der Waals surface area contributed by atoms with Crippen LogP contribution in [-0.2, 0) is 13.0 Å². The number of rotatable bonds is 4. The van der Waals surface area contributed by atoms with Gasteiger partial charge in [-0.3, -0.25) is 0 Å². The Morgan fingerprint density at radius 2 is 1.85 bits per heavy atom. The van der Waals surface area contributed by atoms with Gasteiger partial charge in [0.05, 0.1) is 0 Å². The maximum Gasteiger partial charge on any atom is 0.134 e. The first-order valence-electron chi connectivity index (χ1n) is 8.31. The Morgan fingerprint density at radius 1 is 1.25 bits per heavy atom. The van der Waals surface area contributed by atoms with E-state index in [9.17, 15) is 0 Å². The smallest absolute Gasteiger partial charge is 0.134 e. The highest BCUT2D eigenvalue weighted by Crippen LogP contribution is 2.61. The Hall–Kier alpha value is -0.900. The van der Waals surface area contributed by atoms with Crippen LogP contribution >= 0.6 is 0 Å². The molecule has 4 saturated carbocycles. The standard InChI is InChI=1S/C16H26N4/c1-2-20-10-18-19-15(20)6-14(17)16-7-11-3-12(8-16)5-13(4-11)9-16/h10-14H,2-9,17H2,1H3. The predicted octanol–water partition coefficient (Wildman–Crippen LogP) is 2.38. The van der Waals surface area contributed by atoms with Gasteiger partial charge >= 0.3 is 0 Å². The van der Waals surface area contributed by atoms with Crippen LogP contribution in [0.3, 0.4) is 0 Å². The Morgan fingerprint density at radius 3 is 2.40 bits per heavy atom. The minimum absolute atomic E-state index is 0.269. The van der Waals surface area contributed by atoms with E-state index in [0.717, 1.165) is 36.5 Å². The van der Waals surface area contributed by atoms with Gasteiger partial charge in [0.25, 0.3) is 0 Å². The minimum atomic E-state index is 0.269. The Labute approximate surface area is 121 Å². The second-order valence-electron chi connectivity index (χ2n) is 7.62. The number of aryl methyl sites for hydroxylation is 1. The molecule has 1 aromatic rings. The fourth-order valence-electron chi connectivity index (χ4n) is 5.75. The van der Waals surface area contributed by atoms with Crippen LogP contribution in [0.25, 0.3) is 0 Å². The molecule has 1 unspecified atom stereocenters. The lowest BCUT2D eigenvalue weighted by Crippen LogP contribution is -2.55. The van der Waals surface area contributed by atoms with E-state index in [1.165, 1.54) is 38.5 Å². The summed E-state index contributed by atoms with van der Waals surface area (Å²) in [4.78, 5) is 0. The lowest BCUT2D eigenvalue weighted by atomic mass is 9.47. The van der Waals surface area contributed by atoms with Gasteiger partial charge in [-0.05, 0) is 68.6 Å². The quantitative estimate of drug-likeness (QED) is 0.917. The molecule has 4 nitrogen and oxygen atoms in total. The summed E-state index contributed by atoms with van der Waals surface area (Å²) in [6.45, 7) is 3.08. The van der Waals surface area contributed by atoms with E-state index in [1.54, 1.807) is 0 Å². The van der Waals surface area contributed by atoms with E-state index < -0.39 is 0 Å². The zero-order chi connectivity index (χ0) is 13.7. The third kappa shape index (κ3) is 1.92. The van der Waals surface area contributed by atoms with Gasteiger partial charge in [-0.15, -0.1) is 10.2 Å². The first-order chi connectivity index (χ1) is 9.68. The van der Waals surface area contributed by atoms with Crippen LogP contribution in [0, 0.1) is 23.2 Å². The Balaban J connectivity index is 1.55. The maximum absolute atomic E-state index is 6.71. The Kier molecular flexibility index (Phi) is 2.92. The van der Waals surface area contributed by atoms with Gasteiger partial charge in [-0.2, -0.15) is 0 Å². The second-order valence-corrected chi connectivity index (χ2v) is 7.62. The lowest BCUT2D eigenvalue weighted by Gasteiger charge is -2.59. The van der Waals surface area contributed by atoms with Crippen molar-refractivity contribution in [1.82, 2.24) is 14.8 Å². The fourth-order valence-corrected chi connectivity index (χ4v) is 5.75. The summed E-state index contributed by atoms with van der Waals surface area (Å²) in [6.07, 6.45) is 11.3. The molecule has 20 heavy (non-hydrogen) atoms. The molecular formula is C16H26N4. The monoisotopic (exact) mass is 274 g/mol. The van der Waals surface area contributed by atoms with Crippen LogP contribution in [0.2, 0.25) is 0 Å². The van der Waals surface area contributed by atoms with Gasteiger partial charge in [-0.1, -0.05) is 0 Å². The summed E-state index contributed by atoms with van der Waals surface area (Å²) in [5.74, 6) is 3.99. The molecule has 0 radical (unpaired) electrons. The molecule has 5 rings (SSSR count). The average Bonchev–Trinajstić information content (AvgIpc) is 2.84. The van der Waals surface area contributed by atoms with E-state index >= 15 is 0 Å². The first kappa shape index (κ1) is 12.8. The zero-order valence-electron chi connectivity index (χ0n) is 12.5. The highest BCUT2D eigenvalue weighted by Gasteiger charge is 2.53. The van der Waals surface area contributed by atoms with Gasteiger partial charge in [-0.25, -0.2) is 0 Å². The summed E-state index contributed by atoms with van der Waals surface area (Å²) < 4.78 is 2.14. The SMILES string of the molecule is CCn1cnnc1CC(N)C12CC3CC(CC(C3)C1)C2. The summed E-state index contributed by atoms with van der Waals surface area (Å²) in [7, 11) is 0. The molecule has 0 aromatic carbocycles. The van der Waals surface area contributed by atoms with E-state index in [1.807, 2.05) is 6.33 Å². The highest BCUT2D eigenvalue weighted by molar-refractivity contribution is 5.07. The second kappa shape index (κ2) is 4.55. The summed E-state index contributed by atoms with van der Waals surface area (Å²) >= 11 is 0. The van der Waals surface area contributed by atoms with Crippen LogP contribution in [0.15, 0.2) is 6.33 Å². The van der Waals surface area contributed by atoms with Crippen molar-refractivity contribution in [3.05, 3.63) is 12.2 Å². The molecule has 110 valence electrons. The van der Waals surface area contributed by atoms with Crippen LogP contribution in [0.5, 0.6) is 0 Å². The first-order valence-corrected chi connectivity index (χ1v) is 8.31. The molecule has 1 heterocycles. The molecule has 1 atom stereocenters. The molecule has 4 bridgehead atoms. The van der Waals surface area contributed by atoms with Crippen molar-refractivity contribution in [2.75, 3.05) is 0 Å². The van der Waals surface area contributed by atoms with Crippen molar-refractivity contribution >= 4 is 0 Å². The maximum atomic E-state index is 6.71. The number of hydrogen-bond acceptors (Lipinski definition) is 3. The fraction of sp³-hybridized carbons (Fsp3) is 0.875. The highest BCUT2D eigenvalue weighted by atomic mass is 15.3. The van der Waals surface area contributed by atoms with E-state index in [-0.39, 0.29) is 6.04 Å². The van der Waals surface area contributed by atoms with Gasteiger partial charge in [0.15, 0.2) is 0 Å². The van der Waals surface area contributed by atoms with Crippen LogP contribution < -0.4 is 5.73 Å². The van der Waals surface area contributed by atoms with Crippen LogP contribution in [0.4, 0.5) is 0 Å². The van der Waals surface area contributed by atoms with Crippen molar-refractivity contribution in [3.8, 4) is 0 Å². The van der Waals surface area contributed by atoms with Crippen molar-refractivity contribution < 1.29 is 0 Å². The van der Waals surface area contributed by atoms with Crippen molar-refractivity contribution in [2.45, 2.75) is 64.5 Å². The van der Waals surface area contributed by atoms with Gasteiger partial charge in [0, 0.05) is 19.0 Å². The molecule has 4 aliphatic carbocycles. The largest absolute Gasteiger partial charge is 0.327 e. The van der Waals surface area contributed by atoms with Crippen molar-refractivity contribution in [2.24, 2.45) is 28.9 Å². The lowest BCUT2D eigenvalue weighted by molar-refractivity contribution is -0.0671. The molecule has 0 saturated heterocycles. The minimum Gasteiger partial charge on any atom is -0.327 e. The van der Waals surface area contributed by atoms with Crippen molar-refractivity contribution in [3.63, 3.8) is 0 Å². The summed E-state index contributed by atoms with van der Waals surface area (Å²) in [5, 5.41) is 8.34. The molecule has 4 aliphatic rings. The molecule has 1 aromatic heterocycles. The molecule has 0 amide bonds. The average molecular weight is 274 g/mol. The number of nitrogens with two attached hydrogens (primary N) is 1. The molecule has 0 spiro atoms. The summed E-state index contributed by atoms with van der Waals surface area (Å²) in [6, 6.07) is 0.269. The predicted molar refractivity (Wildman–Crippen MR) is 78.0 cm³/mol. The van der Waals surface area contributed by atoms with E-state index in [4.69, 9.17) is 5.73 Å². The third-order valence-corrected chi connectivity index (χ3v) is 6.31. The van der Waals surface area contributed by atoms with E-state index in [2.05, 4.69) is 21.7 Å². The molecular weight excluding hydrogens is 248 g/mol. The molecule has 2 N–H and O–H groups in total. The summed E-state index contributed by atoms with van der Waals surface area (Å²) in [5.41, 5.74) is 7.12. The molecule has 0 aliphatic heterocycles. The third-order valence-electron chi connectivity index (χ3n) is 6.31. The van der Waals surface area contributed by atoms with Crippen molar-refractivity contribution in [1.29, 1.82) is 0 Å². The zero-order valence-corrected chi connectivity index (χ0v) is 12.5. The van der Waals surface area contributed by atoms with Crippen LogP contribution in [0.1, 0.15) is 51.3 Å². The van der Waals surface area contributed by atoms with Gasteiger partial charge < -0.3 is 10.3 Å². The number of aromatic nitrogens is 3. The van der Waals surface area contributed by atoms with E-state index in [0.29, 0.717) is 5.41 Å².